The highest BCUT2D eigenvalue weighted by Crippen LogP contribution is 2.43. The van der Waals surface area contributed by atoms with Gasteiger partial charge in [-0.05, 0) is 24.4 Å². The average Bonchev–Trinajstić information content (AvgIpc) is 2.62. The number of ether oxygens (including phenoxy) is 1. The number of urea groups is 1. The van der Waals surface area contributed by atoms with E-state index in [9.17, 15) is 13.6 Å². The summed E-state index contributed by atoms with van der Waals surface area (Å²) in [6.45, 7) is 5.09. The van der Waals surface area contributed by atoms with Crippen LogP contribution in [0.2, 0.25) is 0 Å². The molecule has 0 bridgehead atoms. The number of anilines is 2. The fraction of sp³-hybridized carbons (Fsp3) is 0.400. The van der Waals surface area contributed by atoms with Gasteiger partial charge in [0, 0.05) is 49.9 Å². The van der Waals surface area contributed by atoms with Gasteiger partial charge in [-0.1, -0.05) is 0 Å². The van der Waals surface area contributed by atoms with E-state index in [0.717, 1.165) is 36.3 Å². The van der Waals surface area contributed by atoms with Crippen LogP contribution < -0.4 is 19.8 Å². The number of aromatic nitrogens is 1. The lowest BCUT2D eigenvalue weighted by atomic mass is 9.73. The highest BCUT2D eigenvalue weighted by atomic mass is 31.0. The Balaban J connectivity index is 1.27. The zero-order valence-corrected chi connectivity index (χ0v) is 17.1. The SMILES string of the molecule is CC1COc2cc(F)c(F)cc2N1C(=O)N1CC2(C1)CN(c1ccc(P)cn1)C2. The van der Waals surface area contributed by atoms with Gasteiger partial charge >= 0.3 is 6.03 Å². The van der Waals surface area contributed by atoms with Crippen LogP contribution in [0.4, 0.5) is 25.1 Å². The van der Waals surface area contributed by atoms with Gasteiger partial charge < -0.3 is 14.5 Å². The molecule has 2 atom stereocenters. The van der Waals surface area contributed by atoms with Crippen molar-refractivity contribution in [1.29, 1.82) is 0 Å². The minimum absolute atomic E-state index is 0.0867. The monoisotopic (exact) mass is 418 g/mol. The summed E-state index contributed by atoms with van der Waals surface area (Å²) < 4.78 is 32.8. The van der Waals surface area contributed by atoms with Gasteiger partial charge in [0.15, 0.2) is 11.6 Å². The fourth-order valence-electron chi connectivity index (χ4n) is 4.40. The quantitative estimate of drug-likeness (QED) is 0.668. The molecule has 2 amide bonds. The predicted molar refractivity (Wildman–Crippen MR) is 109 cm³/mol. The lowest BCUT2D eigenvalue weighted by Crippen LogP contribution is -2.74. The van der Waals surface area contributed by atoms with Gasteiger partial charge in [0.25, 0.3) is 0 Å². The van der Waals surface area contributed by atoms with Crippen molar-refractivity contribution in [3.8, 4) is 5.75 Å². The Bertz CT molecular complexity index is 973. The average molecular weight is 418 g/mol. The molecule has 2 saturated heterocycles. The molecule has 2 unspecified atom stereocenters. The van der Waals surface area contributed by atoms with Crippen molar-refractivity contribution in [2.75, 3.05) is 42.6 Å². The third-order valence-corrected chi connectivity index (χ3v) is 6.20. The summed E-state index contributed by atoms with van der Waals surface area (Å²) in [7, 11) is 2.62. The molecule has 3 aliphatic rings. The second-order valence-corrected chi connectivity index (χ2v) is 8.88. The molecule has 1 spiro atoms. The summed E-state index contributed by atoms with van der Waals surface area (Å²) in [6, 6.07) is 5.60. The molecule has 0 N–H and O–H groups in total. The highest BCUT2D eigenvalue weighted by Gasteiger charge is 2.54. The van der Waals surface area contributed by atoms with Crippen LogP contribution >= 0.6 is 9.24 Å². The normalized spacial score (nSPS) is 21.9. The van der Waals surface area contributed by atoms with Crippen LogP contribution in [0.15, 0.2) is 30.5 Å². The van der Waals surface area contributed by atoms with E-state index in [0.29, 0.717) is 13.1 Å². The van der Waals surface area contributed by atoms with E-state index in [1.807, 2.05) is 25.3 Å². The lowest BCUT2D eigenvalue weighted by molar-refractivity contribution is 0.00857. The topological polar surface area (TPSA) is 48.9 Å². The van der Waals surface area contributed by atoms with Crippen molar-refractivity contribution >= 4 is 32.1 Å². The van der Waals surface area contributed by atoms with Gasteiger partial charge in [-0.3, -0.25) is 4.90 Å². The summed E-state index contributed by atoms with van der Waals surface area (Å²) in [5, 5.41) is 1.04. The van der Waals surface area contributed by atoms with Crippen LogP contribution in [0.3, 0.4) is 0 Å². The first-order valence-corrected chi connectivity index (χ1v) is 10.1. The number of pyridine rings is 1. The number of nitrogens with zero attached hydrogens (tertiary/aromatic N) is 4. The van der Waals surface area contributed by atoms with Crippen LogP contribution in [0, 0.1) is 17.0 Å². The van der Waals surface area contributed by atoms with Crippen LogP contribution in [-0.4, -0.2) is 54.7 Å². The van der Waals surface area contributed by atoms with Crippen LogP contribution in [-0.2, 0) is 0 Å². The van der Waals surface area contributed by atoms with E-state index in [-0.39, 0.29) is 35.5 Å². The molecule has 2 fully saturated rings. The molecule has 152 valence electrons. The largest absolute Gasteiger partial charge is 0.489 e. The molecule has 4 heterocycles. The number of amides is 2. The first-order valence-electron chi connectivity index (χ1n) is 9.52. The van der Waals surface area contributed by atoms with Gasteiger partial charge in [0.2, 0.25) is 0 Å². The Labute approximate surface area is 169 Å². The molecule has 5 rings (SSSR count). The Morgan fingerprint density at radius 3 is 2.62 bits per heavy atom. The molecular weight excluding hydrogens is 397 g/mol. The zero-order chi connectivity index (χ0) is 20.3. The zero-order valence-electron chi connectivity index (χ0n) is 15.9. The van der Waals surface area contributed by atoms with Crippen molar-refractivity contribution < 1.29 is 18.3 Å². The van der Waals surface area contributed by atoms with Gasteiger partial charge in [-0.2, -0.15) is 0 Å². The smallest absolute Gasteiger partial charge is 0.325 e. The third kappa shape index (κ3) is 3.01. The van der Waals surface area contributed by atoms with Gasteiger partial charge in [-0.25, -0.2) is 18.6 Å². The lowest BCUT2D eigenvalue weighted by Gasteiger charge is -2.61. The van der Waals surface area contributed by atoms with Gasteiger partial charge in [-0.15, -0.1) is 9.24 Å². The second-order valence-electron chi connectivity index (χ2n) is 8.21. The number of halogens is 2. The Hall–Kier alpha value is -2.47. The molecule has 2 aromatic rings. The molecule has 0 saturated carbocycles. The highest BCUT2D eigenvalue weighted by molar-refractivity contribution is 7.27. The first-order chi connectivity index (χ1) is 13.8. The number of rotatable bonds is 1. The molecule has 0 aliphatic carbocycles. The molecule has 6 nitrogen and oxygen atoms in total. The van der Waals surface area contributed by atoms with Crippen molar-refractivity contribution in [3.63, 3.8) is 0 Å². The molecule has 9 heteroatoms. The Morgan fingerprint density at radius 2 is 1.93 bits per heavy atom. The van der Waals surface area contributed by atoms with Crippen LogP contribution in [0.1, 0.15) is 6.92 Å². The maximum absolute atomic E-state index is 13.8. The molecule has 1 aromatic heterocycles. The van der Waals surface area contributed by atoms with Crippen molar-refractivity contribution in [2.24, 2.45) is 5.41 Å². The fourth-order valence-corrected chi connectivity index (χ4v) is 4.57. The maximum atomic E-state index is 13.8. The number of carbonyl (C=O) groups is 1. The van der Waals surface area contributed by atoms with Gasteiger partial charge in [0.1, 0.15) is 18.2 Å². The summed E-state index contributed by atoms with van der Waals surface area (Å²) in [4.78, 5) is 23.0. The van der Waals surface area contributed by atoms with E-state index < -0.39 is 11.6 Å². The van der Waals surface area contributed by atoms with E-state index in [1.54, 1.807) is 4.90 Å². The summed E-state index contributed by atoms with van der Waals surface area (Å²) in [5.74, 6) is -0.826. The van der Waals surface area contributed by atoms with Gasteiger partial charge in [0.05, 0.1) is 11.7 Å². The standard InChI is InChI=1S/C20H21F2N4O2P/c1-12-7-28-17-5-15(22)14(21)4-16(17)26(12)19(27)25-10-20(11-25)8-24(9-20)18-3-2-13(29)6-23-18/h2-6,12H,7-11,29H2,1H3. The van der Waals surface area contributed by atoms with E-state index in [2.05, 4.69) is 19.1 Å². The van der Waals surface area contributed by atoms with Crippen LogP contribution in [0.5, 0.6) is 5.75 Å². The minimum Gasteiger partial charge on any atom is -0.489 e. The molecule has 3 aliphatic heterocycles. The van der Waals surface area contributed by atoms with E-state index in [1.165, 1.54) is 4.90 Å². The number of fused-ring (bicyclic) bond motifs is 1. The Kier molecular flexibility index (Phi) is 4.17. The minimum atomic E-state index is -0.988. The second kappa shape index (κ2) is 6.52. The van der Waals surface area contributed by atoms with Crippen molar-refractivity contribution in [2.45, 2.75) is 13.0 Å². The summed E-state index contributed by atoms with van der Waals surface area (Å²) in [5.41, 5.74) is 0.370. The number of hydrogen-bond donors (Lipinski definition) is 0. The van der Waals surface area contributed by atoms with E-state index in [4.69, 9.17) is 4.74 Å². The predicted octanol–water partition coefficient (Wildman–Crippen LogP) is 2.39. The number of benzene rings is 1. The number of likely N-dealkylation sites (tertiary alicyclic amines) is 1. The maximum Gasteiger partial charge on any atom is 0.325 e. The van der Waals surface area contributed by atoms with Crippen LogP contribution in [0.25, 0.3) is 0 Å². The molecule has 1 aromatic carbocycles. The van der Waals surface area contributed by atoms with Crippen molar-refractivity contribution in [1.82, 2.24) is 9.88 Å². The summed E-state index contributed by atoms with van der Waals surface area (Å²) in [6.07, 6.45) is 1.82. The number of hydrogen-bond acceptors (Lipinski definition) is 4. The molecule has 0 radical (unpaired) electrons. The third-order valence-electron chi connectivity index (χ3n) is 5.86. The first kappa shape index (κ1) is 18.6. The molecule has 29 heavy (non-hydrogen) atoms. The van der Waals surface area contributed by atoms with E-state index >= 15 is 0 Å². The number of carbonyl (C=O) groups excluding carboxylic acids is 1. The molecular formula is C20H21F2N4O2P. The summed E-state index contributed by atoms with van der Waals surface area (Å²) >= 11 is 0. The Morgan fingerprint density at radius 1 is 1.21 bits per heavy atom. The van der Waals surface area contributed by atoms with Crippen molar-refractivity contribution in [3.05, 3.63) is 42.1 Å².